The lowest BCUT2D eigenvalue weighted by Crippen LogP contribution is -2.11. The van der Waals surface area contributed by atoms with Crippen LogP contribution in [0.2, 0.25) is 0 Å². The van der Waals surface area contributed by atoms with Crippen LogP contribution in [0.5, 0.6) is 0 Å². The van der Waals surface area contributed by atoms with Gasteiger partial charge in [0.2, 0.25) is 0 Å². The van der Waals surface area contributed by atoms with Crippen molar-refractivity contribution < 1.29 is 5.11 Å². The molecule has 1 aromatic heterocycles. The summed E-state index contributed by atoms with van der Waals surface area (Å²) < 4.78 is 0. The van der Waals surface area contributed by atoms with Crippen LogP contribution in [0.4, 0.5) is 0 Å². The van der Waals surface area contributed by atoms with Crippen molar-refractivity contribution in [3.63, 3.8) is 0 Å². The molecule has 21 heavy (non-hydrogen) atoms. The van der Waals surface area contributed by atoms with E-state index in [4.69, 9.17) is 0 Å². The summed E-state index contributed by atoms with van der Waals surface area (Å²) in [5, 5.41) is 11.4. The quantitative estimate of drug-likeness (QED) is 0.694. The van der Waals surface area contributed by atoms with Gasteiger partial charge >= 0.3 is 0 Å². The smallest absolute Gasteiger partial charge is 0.101 e. The maximum absolute atomic E-state index is 10.2. The first-order chi connectivity index (χ1) is 10.3. The first kappa shape index (κ1) is 12.4. The predicted octanol–water partition coefficient (Wildman–Crippen LogP) is 3.25. The minimum absolute atomic E-state index is 0.161. The number of aromatic nitrogens is 1. The molecule has 0 amide bonds. The number of fused-ring (bicyclic) bond motifs is 2. The van der Waals surface area contributed by atoms with Crippen LogP contribution in [0.3, 0.4) is 0 Å². The highest BCUT2D eigenvalue weighted by Gasteiger charge is 2.29. The van der Waals surface area contributed by atoms with Crippen LogP contribution in [0.1, 0.15) is 22.7 Å². The average molecular weight is 276 g/mol. The molecule has 1 aliphatic carbocycles. The number of aromatic amines is 1. The Balaban J connectivity index is 1.71. The summed E-state index contributed by atoms with van der Waals surface area (Å²) in [5.41, 5.74) is 4.47. The third kappa shape index (κ3) is 2.06. The predicted molar refractivity (Wildman–Crippen MR) is 84.8 cm³/mol. The first-order valence-corrected chi connectivity index (χ1v) is 7.18. The monoisotopic (exact) mass is 276 g/mol. The minimum atomic E-state index is -0.429. The number of aliphatic hydroxyl groups excluding tert-OH is 1. The molecule has 0 aliphatic heterocycles. The summed E-state index contributed by atoms with van der Waals surface area (Å²) >= 11 is 0. The number of nitrogens with zero attached hydrogens (tertiary/aromatic N) is 1. The van der Waals surface area contributed by atoms with Crippen LogP contribution in [0.25, 0.3) is 10.9 Å². The number of rotatable bonds is 2. The van der Waals surface area contributed by atoms with Gasteiger partial charge < -0.3 is 10.1 Å². The molecule has 104 valence electrons. The Morgan fingerprint density at radius 2 is 2.00 bits per heavy atom. The normalized spacial score (nSPS) is 21.2. The minimum Gasteiger partial charge on any atom is -0.390 e. The van der Waals surface area contributed by atoms with Gasteiger partial charge in [0.05, 0.1) is 11.6 Å². The number of nitrogens with one attached hydrogen (secondary N) is 1. The molecule has 0 fully saturated rings. The highest BCUT2D eigenvalue weighted by atomic mass is 16.3. The molecule has 3 aromatic rings. The van der Waals surface area contributed by atoms with E-state index in [0.29, 0.717) is 6.42 Å². The van der Waals surface area contributed by atoms with Crippen LogP contribution in [-0.2, 0) is 6.42 Å². The van der Waals surface area contributed by atoms with Gasteiger partial charge in [0, 0.05) is 29.8 Å². The topological polar surface area (TPSA) is 48.4 Å². The van der Waals surface area contributed by atoms with Gasteiger partial charge in [-0.2, -0.15) is 0 Å². The molecule has 0 bridgehead atoms. The number of para-hydroxylation sites is 1. The molecule has 0 saturated heterocycles. The lowest BCUT2D eigenvalue weighted by Gasteiger charge is -2.10. The number of hydrogen-bond acceptors (Lipinski definition) is 2. The van der Waals surface area contributed by atoms with Gasteiger partial charge in [0.1, 0.15) is 6.04 Å². The molecular weight excluding hydrogens is 260 g/mol. The lowest BCUT2D eigenvalue weighted by molar-refractivity contribution is 0.159. The number of hydrogen-bond donors (Lipinski definition) is 2. The van der Waals surface area contributed by atoms with Crippen molar-refractivity contribution in [1.82, 2.24) is 4.98 Å². The zero-order valence-electron chi connectivity index (χ0n) is 11.5. The molecule has 0 unspecified atom stereocenters. The van der Waals surface area contributed by atoms with Crippen LogP contribution >= 0.6 is 0 Å². The van der Waals surface area contributed by atoms with E-state index in [2.05, 4.69) is 28.2 Å². The Hall–Kier alpha value is -2.39. The van der Waals surface area contributed by atoms with Crippen molar-refractivity contribution in [1.29, 1.82) is 0 Å². The van der Waals surface area contributed by atoms with Gasteiger partial charge in [-0.15, -0.1) is 0 Å². The molecule has 1 heterocycles. The Morgan fingerprint density at radius 1 is 1.10 bits per heavy atom. The second kappa shape index (κ2) is 4.86. The molecule has 2 N–H and O–H groups in total. The van der Waals surface area contributed by atoms with E-state index in [1.807, 2.05) is 42.7 Å². The van der Waals surface area contributed by atoms with E-state index in [0.717, 1.165) is 16.6 Å². The summed E-state index contributed by atoms with van der Waals surface area (Å²) in [7, 11) is 0. The third-order valence-corrected chi connectivity index (χ3v) is 4.16. The molecule has 3 heteroatoms. The Bertz CT molecular complexity index is 819. The van der Waals surface area contributed by atoms with Gasteiger partial charge in [0.25, 0.3) is 0 Å². The van der Waals surface area contributed by atoms with Crippen molar-refractivity contribution >= 4 is 17.1 Å². The maximum atomic E-state index is 10.2. The van der Waals surface area contributed by atoms with E-state index in [-0.39, 0.29) is 6.04 Å². The number of benzene rings is 2. The van der Waals surface area contributed by atoms with Crippen LogP contribution in [0, 0.1) is 0 Å². The van der Waals surface area contributed by atoms with E-state index < -0.39 is 6.10 Å². The standard InChI is InChI=1S/C18H16N2O/c21-16-10-13-4-1-2-7-15(13)18(16)20-11-14-6-3-5-12-8-9-19-17(12)14/h1-9,11,16,18-19,21H,10H2/t16-,18+/m0/s1. The number of H-pyrrole nitrogens is 1. The number of aliphatic imine (C=N–C) groups is 1. The van der Waals surface area contributed by atoms with Gasteiger partial charge in [-0.25, -0.2) is 0 Å². The summed E-state index contributed by atoms with van der Waals surface area (Å²) in [6, 6.07) is 16.2. The summed E-state index contributed by atoms with van der Waals surface area (Å²) in [5.74, 6) is 0. The molecule has 0 radical (unpaired) electrons. The second-order valence-corrected chi connectivity index (χ2v) is 5.48. The highest BCUT2D eigenvalue weighted by molar-refractivity contribution is 5.97. The highest BCUT2D eigenvalue weighted by Crippen LogP contribution is 2.34. The van der Waals surface area contributed by atoms with Gasteiger partial charge in [0.15, 0.2) is 0 Å². The summed E-state index contributed by atoms with van der Waals surface area (Å²) in [6.45, 7) is 0. The van der Waals surface area contributed by atoms with E-state index in [9.17, 15) is 5.11 Å². The van der Waals surface area contributed by atoms with E-state index in [1.54, 1.807) is 0 Å². The molecule has 2 aromatic carbocycles. The molecule has 1 aliphatic rings. The Kier molecular flexibility index (Phi) is 2.86. The molecule has 0 saturated carbocycles. The molecule has 4 rings (SSSR count). The fourth-order valence-electron chi connectivity index (χ4n) is 3.11. The second-order valence-electron chi connectivity index (χ2n) is 5.48. The van der Waals surface area contributed by atoms with Crippen molar-refractivity contribution in [3.05, 3.63) is 71.4 Å². The fourth-order valence-corrected chi connectivity index (χ4v) is 3.11. The Labute approximate surface area is 123 Å². The summed E-state index contributed by atoms with van der Waals surface area (Å²) in [6.07, 6.45) is 4.06. The molecule has 3 nitrogen and oxygen atoms in total. The van der Waals surface area contributed by atoms with Crippen molar-refractivity contribution in [3.8, 4) is 0 Å². The largest absolute Gasteiger partial charge is 0.390 e. The molecule has 0 spiro atoms. The van der Waals surface area contributed by atoms with E-state index in [1.165, 1.54) is 10.9 Å². The van der Waals surface area contributed by atoms with Crippen molar-refractivity contribution in [2.45, 2.75) is 18.6 Å². The molecule has 2 atom stereocenters. The van der Waals surface area contributed by atoms with Gasteiger partial charge in [-0.1, -0.05) is 42.5 Å². The van der Waals surface area contributed by atoms with Crippen LogP contribution < -0.4 is 0 Å². The average Bonchev–Trinajstić information content (AvgIpc) is 3.09. The SMILES string of the molecule is O[C@H]1Cc2ccccc2[C@H]1N=Cc1cccc2cc[nH]c12. The Morgan fingerprint density at radius 3 is 2.95 bits per heavy atom. The zero-order chi connectivity index (χ0) is 14.2. The summed E-state index contributed by atoms with van der Waals surface area (Å²) in [4.78, 5) is 7.89. The molecular formula is C18H16N2O. The van der Waals surface area contributed by atoms with E-state index >= 15 is 0 Å². The maximum Gasteiger partial charge on any atom is 0.101 e. The third-order valence-electron chi connectivity index (χ3n) is 4.16. The lowest BCUT2D eigenvalue weighted by atomic mass is 10.1. The fraction of sp³-hybridized carbons (Fsp3) is 0.167. The first-order valence-electron chi connectivity index (χ1n) is 7.18. The van der Waals surface area contributed by atoms with Crippen molar-refractivity contribution in [2.75, 3.05) is 0 Å². The van der Waals surface area contributed by atoms with Gasteiger partial charge in [-0.05, 0) is 17.2 Å². The zero-order valence-corrected chi connectivity index (χ0v) is 11.5. The van der Waals surface area contributed by atoms with Gasteiger partial charge in [-0.3, -0.25) is 4.99 Å². The van der Waals surface area contributed by atoms with Crippen LogP contribution in [-0.4, -0.2) is 22.4 Å². The van der Waals surface area contributed by atoms with Crippen LogP contribution in [0.15, 0.2) is 59.7 Å². The van der Waals surface area contributed by atoms with Crippen molar-refractivity contribution in [2.24, 2.45) is 4.99 Å². The number of aliphatic hydroxyl groups is 1.